The standard InChI is InChI=1S/C15H24O5S/c1-14-6-8-15(9-7-14)21(17,18)20-13-5-4-12-19-11-3-2-10-16/h6-9,16H,2-5,10-13H2,1H3. The van der Waals surface area contributed by atoms with Gasteiger partial charge in [-0.1, -0.05) is 17.7 Å². The number of rotatable bonds is 11. The van der Waals surface area contributed by atoms with Gasteiger partial charge < -0.3 is 9.84 Å². The molecule has 0 aliphatic rings. The van der Waals surface area contributed by atoms with E-state index in [9.17, 15) is 8.42 Å². The van der Waals surface area contributed by atoms with Crippen molar-refractivity contribution in [1.82, 2.24) is 0 Å². The summed E-state index contributed by atoms with van der Waals surface area (Å²) in [6, 6.07) is 6.59. The molecule has 0 unspecified atom stereocenters. The van der Waals surface area contributed by atoms with Gasteiger partial charge in [0.1, 0.15) is 0 Å². The van der Waals surface area contributed by atoms with Crippen LogP contribution in [0.2, 0.25) is 0 Å². The smallest absolute Gasteiger partial charge is 0.296 e. The molecule has 0 saturated carbocycles. The lowest BCUT2D eigenvalue weighted by atomic mass is 10.2. The Morgan fingerprint density at radius 3 is 2.14 bits per heavy atom. The normalized spacial score (nSPS) is 11.7. The number of benzene rings is 1. The third-order valence-electron chi connectivity index (χ3n) is 2.93. The second kappa shape index (κ2) is 9.89. The summed E-state index contributed by atoms with van der Waals surface area (Å²) in [6.45, 7) is 3.46. The number of unbranched alkanes of at least 4 members (excludes halogenated alkanes) is 2. The molecule has 0 aliphatic carbocycles. The van der Waals surface area contributed by atoms with Gasteiger partial charge >= 0.3 is 0 Å². The fraction of sp³-hybridized carbons (Fsp3) is 0.600. The number of aliphatic hydroxyl groups is 1. The number of hydrogen-bond donors (Lipinski definition) is 1. The summed E-state index contributed by atoms with van der Waals surface area (Å²) in [4.78, 5) is 0.188. The maximum absolute atomic E-state index is 11.9. The molecule has 5 nitrogen and oxygen atoms in total. The van der Waals surface area contributed by atoms with Gasteiger partial charge in [-0.05, 0) is 44.7 Å². The molecule has 0 radical (unpaired) electrons. The number of aliphatic hydroxyl groups excluding tert-OH is 1. The molecule has 1 N–H and O–H groups in total. The molecule has 0 aliphatic heterocycles. The fourth-order valence-corrected chi connectivity index (χ4v) is 2.61. The van der Waals surface area contributed by atoms with Crippen molar-refractivity contribution >= 4 is 10.1 Å². The second-order valence-electron chi connectivity index (χ2n) is 4.84. The third-order valence-corrected chi connectivity index (χ3v) is 4.25. The van der Waals surface area contributed by atoms with Crippen LogP contribution in [0.4, 0.5) is 0 Å². The van der Waals surface area contributed by atoms with Crippen molar-refractivity contribution in [3.8, 4) is 0 Å². The fourth-order valence-electron chi connectivity index (χ4n) is 1.67. The zero-order chi connectivity index (χ0) is 15.6. The third kappa shape index (κ3) is 7.57. The predicted molar refractivity (Wildman–Crippen MR) is 80.7 cm³/mol. The lowest BCUT2D eigenvalue weighted by Gasteiger charge is -2.06. The Morgan fingerprint density at radius 2 is 1.52 bits per heavy atom. The summed E-state index contributed by atoms with van der Waals surface area (Å²) < 4.78 is 34.1. The van der Waals surface area contributed by atoms with E-state index in [0.717, 1.165) is 24.8 Å². The van der Waals surface area contributed by atoms with E-state index >= 15 is 0 Å². The summed E-state index contributed by atoms with van der Waals surface area (Å²) in [5.74, 6) is 0. The van der Waals surface area contributed by atoms with Gasteiger partial charge in [0.25, 0.3) is 10.1 Å². The van der Waals surface area contributed by atoms with Gasteiger partial charge in [-0.25, -0.2) is 0 Å². The van der Waals surface area contributed by atoms with Crippen molar-refractivity contribution in [2.24, 2.45) is 0 Å². The predicted octanol–water partition coefficient (Wildman–Crippen LogP) is 2.27. The average Bonchev–Trinajstić information content (AvgIpc) is 2.46. The van der Waals surface area contributed by atoms with Crippen LogP contribution in [-0.2, 0) is 19.0 Å². The largest absolute Gasteiger partial charge is 0.396 e. The Bertz CT molecular complexity index is 481. The molecule has 120 valence electrons. The van der Waals surface area contributed by atoms with E-state index in [1.165, 1.54) is 0 Å². The zero-order valence-corrected chi connectivity index (χ0v) is 13.3. The van der Waals surface area contributed by atoms with Crippen LogP contribution in [0.1, 0.15) is 31.2 Å². The van der Waals surface area contributed by atoms with E-state index in [-0.39, 0.29) is 18.1 Å². The summed E-state index contributed by atoms with van der Waals surface area (Å²) >= 11 is 0. The number of aryl methyl sites for hydroxylation is 1. The zero-order valence-electron chi connectivity index (χ0n) is 12.5. The maximum Gasteiger partial charge on any atom is 0.296 e. The molecule has 6 heteroatoms. The summed E-state index contributed by atoms with van der Waals surface area (Å²) in [5, 5.41) is 8.60. The highest BCUT2D eigenvalue weighted by Crippen LogP contribution is 2.13. The first kappa shape index (κ1) is 18.1. The van der Waals surface area contributed by atoms with Crippen LogP contribution in [0.25, 0.3) is 0 Å². The molecule has 0 aromatic heterocycles. The molecule has 0 heterocycles. The van der Waals surface area contributed by atoms with Crippen molar-refractivity contribution in [2.45, 2.75) is 37.5 Å². The van der Waals surface area contributed by atoms with Crippen molar-refractivity contribution < 1.29 is 22.4 Å². The van der Waals surface area contributed by atoms with E-state index in [1.807, 2.05) is 6.92 Å². The maximum atomic E-state index is 11.9. The quantitative estimate of drug-likeness (QED) is 0.501. The van der Waals surface area contributed by atoms with E-state index in [4.69, 9.17) is 14.0 Å². The van der Waals surface area contributed by atoms with Crippen molar-refractivity contribution in [3.63, 3.8) is 0 Å². The lowest BCUT2D eigenvalue weighted by Crippen LogP contribution is -2.08. The molecule has 21 heavy (non-hydrogen) atoms. The highest BCUT2D eigenvalue weighted by molar-refractivity contribution is 7.86. The summed E-state index contributed by atoms with van der Waals surface area (Å²) in [6.07, 6.45) is 2.97. The minimum Gasteiger partial charge on any atom is -0.396 e. The Kier molecular flexibility index (Phi) is 8.52. The van der Waals surface area contributed by atoms with Crippen molar-refractivity contribution in [2.75, 3.05) is 26.4 Å². The number of hydrogen-bond acceptors (Lipinski definition) is 5. The van der Waals surface area contributed by atoms with E-state index in [1.54, 1.807) is 24.3 Å². The van der Waals surface area contributed by atoms with E-state index < -0.39 is 10.1 Å². The Hall–Kier alpha value is -0.950. The molecule has 1 rings (SSSR count). The van der Waals surface area contributed by atoms with Crippen LogP contribution in [0, 0.1) is 6.92 Å². The van der Waals surface area contributed by atoms with Gasteiger partial charge in [-0.2, -0.15) is 8.42 Å². The lowest BCUT2D eigenvalue weighted by molar-refractivity contribution is 0.118. The Balaban J connectivity index is 2.15. The highest BCUT2D eigenvalue weighted by Gasteiger charge is 2.14. The van der Waals surface area contributed by atoms with Crippen molar-refractivity contribution in [1.29, 1.82) is 0 Å². The first-order valence-electron chi connectivity index (χ1n) is 7.21. The van der Waals surface area contributed by atoms with Crippen LogP contribution >= 0.6 is 0 Å². The minimum atomic E-state index is -3.65. The van der Waals surface area contributed by atoms with Gasteiger partial charge in [0.05, 0.1) is 11.5 Å². The minimum absolute atomic E-state index is 0.163. The molecule has 1 aromatic carbocycles. The molecule has 0 saturated heterocycles. The van der Waals surface area contributed by atoms with Gasteiger partial charge in [-0.3, -0.25) is 4.18 Å². The summed E-state index contributed by atoms with van der Waals surface area (Å²) in [5.41, 5.74) is 1.01. The Morgan fingerprint density at radius 1 is 0.952 bits per heavy atom. The highest BCUT2D eigenvalue weighted by atomic mass is 32.2. The van der Waals surface area contributed by atoms with Gasteiger partial charge in [-0.15, -0.1) is 0 Å². The van der Waals surface area contributed by atoms with Crippen LogP contribution in [0.15, 0.2) is 29.2 Å². The van der Waals surface area contributed by atoms with E-state index in [2.05, 4.69) is 0 Å². The first-order chi connectivity index (χ1) is 10.1. The number of ether oxygens (including phenoxy) is 1. The van der Waals surface area contributed by atoms with Gasteiger partial charge in [0.15, 0.2) is 0 Å². The van der Waals surface area contributed by atoms with E-state index in [0.29, 0.717) is 19.6 Å². The molecule has 1 aromatic rings. The molecular formula is C15H24O5S. The average molecular weight is 316 g/mol. The van der Waals surface area contributed by atoms with Crippen LogP contribution in [0.5, 0.6) is 0 Å². The Labute approximate surface area is 127 Å². The van der Waals surface area contributed by atoms with Crippen LogP contribution < -0.4 is 0 Å². The molecule has 0 atom stereocenters. The topological polar surface area (TPSA) is 72.8 Å². The first-order valence-corrected chi connectivity index (χ1v) is 8.62. The van der Waals surface area contributed by atoms with Crippen molar-refractivity contribution in [3.05, 3.63) is 29.8 Å². The van der Waals surface area contributed by atoms with Gasteiger partial charge in [0, 0.05) is 19.8 Å². The molecular weight excluding hydrogens is 292 g/mol. The van der Waals surface area contributed by atoms with Gasteiger partial charge in [0.2, 0.25) is 0 Å². The summed E-state index contributed by atoms with van der Waals surface area (Å²) in [7, 11) is -3.65. The second-order valence-corrected chi connectivity index (χ2v) is 6.45. The monoisotopic (exact) mass is 316 g/mol. The molecule has 0 spiro atoms. The SMILES string of the molecule is Cc1ccc(S(=O)(=O)OCCCCOCCCCO)cc1. The van der Waals surface area contributed by atoms with Crippen LogP contribution in [-0.4, -0.2) is 40.0 Å². The molecule has 0 amide bonds. The molecule has 0 fully saturated rings. The van der Waals surface area contributed by atoms with Crippen LogP contribution in [0.3, 0.4) is 0 Å². The molecule has 0 bridgehead atoms.